The van der Waals surface area contributed by atoms with Crippen LogP contribution in [0.3, 0.4) is 0 Å². The molecule has 0 aromatic heterocycles. The van der Waals surface area contributed by atoms with E-state index in [1.165, 1.54) is 0 Å². The van der Waals surface area contributed by atoms with E-state index in [-0.39, 0.29) is 12.0 Å². The minimum absolute atomic E-state index is 0.0315. The highest BCUT2D eigenvalue weighted by molar-refractivity contribution is 5.74. The summed E-state index contributed by atoms with van der Waals surface area (Å²) in [6.45, 7) is 7.12. The van der Waals surface area contributed by atoms with Crippen molar-refractivity contribution in [3.05, 3.63) is 0 Å². The number of aliphatic hydroxyl groups excluding tert-OH is 1. The van der Waals surface area contributed by atoms with Crippen LogP contribution in [0.5, 0.6) is 0 Å². The molecule has 0 aliphatic heterocycles. The van der Waals surface area contributed by atoms with Gasteiger partial charge in [0.1, 0.15) is 0 Å². The van der Waals surface area contributed by atoms with Crippen LogP contribution in [-0.2, 0) is 4.79 Å². The predicted molar refractivity (Wildman–Crippen MR) is 46.9 cm³/mol. The molecule has 0 radical (unpaired) electrons. The van der Waals surface area contributed by atoms with Crippen LogP contribution in [0.25, 0.3) is 0 Å². The van der Waals surface area contributed by atoms with E-state index in [4.69, 9.17) is 10.2 Å². The largest absolute Gasteiger partial charge is 0.481 e. The molecule has 0 aromatic carbocycles. The zero-order valence-corrected chi connectivity index (χ0v) is 8.22. The first-order chi connectivity index (χ1) is 5.25. The molecule has 0 heterocycles. The molecule has 72 valence electrons. The fourth-order valence-corrected chi connectivity index (χ4v) is 0.881. The van der Waals surface area contributed by atoms with Crippen LogP contribution in [0.4, 0.5) is 0 Å². The molecule has 3 heteroatoms. The summed E-state index contributed by atoms with van der Waals surface area (Å²) >= 11 is 0. The van der Waals surface area contributed by atoms with Gasteiger partial charge in [-0.25, -0.2) is 0 Å². The Morgan fingerprint density at radius 3 is 1.92 bits per heavy atom. The first-order valence-electron chi connectivity index (χ1n) is 4.10. The van der Waals surface area contributed by atoms with Crippen molar-refractivity contribution >= 4 is 5.97 Å². The number of rotatable bonds is 4. The van der Waals surface area contributed by atoms with E-state index in [0.29, 0.717) is 6.42 Å². The Kier molecular flexibility index (Phi) is 3.27. The van der Waals surface area contributed by atoms with Crippen LogP contribution >= 0.6 is 0 Å². The average Bonchev–Trinajstić information content (AvgIpc) is 1.86. The molecule has 0 rings (SSSR count). The summed E-state index contributed by atoms with van der Waals surface area (Å²) in [6.07, 6.45) is 0.506. The van der Waals surface area contributed by atoms with Crippen molar-refractivity contribution in [1.29, 1.82) is 0 Å². The lowest BCUT2D eigenvalue weighted by molar-refractivity contribution is -0.154. The van der Waals surface area contributed by atoms with Gasteiger partial charge in [-0.05, 0) is 25.7 Å². The molecule has 0 aliphatic rings. The zero-order valence-electron chi connectivity index (χ0n) is 8.22. The lowest BCUT2D eigenvalue weighted by atomic mass is 9.66. The second kappa shape index (κ2) is 3.44. The zero-order chi connectivity index (χ0) is 9.99. The van der Waals surface area contributed by atoms with Crippen molar-refractivity contribution in [3.63, 3.8) is 0 Å². The van der Waals surface area contributed by atoms with Gasteiger partial charge < -0.3 is 10.2 Å². The molecule has 0 saturated carbocycles. The summed E-state index contributed by atoms with van der Waals surface area (Å²) < 4.78 is 0. The second-order valence-electron chi connectivity index (χ2n) is 4.29. The number of hydrogen-bond donors (Lipinski definition) is 2. The van der Waals surface area contributed by atoms with Crippen molar-refractivity contribution in [3.8, 4) is 0 Å². The minimum Gasteiger partial charge on any atom is -0.481 e. The molecule has 0 unspecified atom stereocenters. The van der Waals surface area contributed by atoms with Gasteiger partial charge in [-0.1, -0.05) is 13.8 Å². The van der Waals surface area contributed by atoms with Gasteiger partial charge in [0.15, 0.2) is 0 Å². The fourth-order valence-electron chi connectivity index (χ4n) is 0.881. The lowest BCUT2D eigenvalue weighted by Crippen LogP contribution is -2.40. The molecule has 0 aliphatic carbocycles. The second-order valence-corrected chi connectivity index (χ2v) is 4.29. The Morgan fingerprint density at radius 2 is 1.67 bits per heavy atom. The van der Waals surface area contributed by atoms with Crippen LogP contribution in [0.2, 0.25) is 0 Å². The normalized spacial score (nSPS) is 13.1. The number of hydrogen-bond acceptors (Lipinski definition) is 2. The standard InChI is InChI=1S/C9H18O3/c1-8(2,5-6-10)9(3,4)7(11)12/h10H,5-6H2,1-4H3,(H,11,12). The summed E-state index contributed by atoms with van der Waals surface area (Å²) in [5, 5.41) is 17.7. The quantitative estimate of drug-likeness (QED) is 0.679. The van der Waals surface area contributed by atoms with E-state index in [2.05, 4.69) is 0 Å². The van der Waals surface area contributed by atoms with E-state index in [1.807, 2.05) is 13.8 Å². The smallest absolute Gasteiger partial charge is 0.309 e. The van der Waals surface area contributed by atoms with E-state index in [0.717, 1.165) is 0 Å². The molecular weight excluding hydrogens is 156 g/mol. The Balaban J connectivity index is 4.62. The van der Waals surface area contributed by atoms with Crippen molar-refractivity contribution in [2.45, 2.75) is 34.1 Å². The topological polar surface area (TPSA) is 57.5 Å². The maximum Gasteiger partial charge on any atom is 0.309 e. The SMILES string of the molecule is CC(C)(CCO)C(C)(C)C(=O)O. The molecule has 0 aromatic rings. The maximum atomic E-state index is 10.9. The number of aliphatic hydroxyl groups is 1. The third kappa shape index (κ3) is 1.97. The first kappa shape index (κ1) is 11.4. The maximum absolute atomic E-state index is 10.9. The molecule has 0 bridgehead atoms. The number of carboxylic acids is 1. The molecule has 3 nitrogen and oxygen atoms in total. The highest BCUT2D eigenvalue weighted by atomic mass is 16.4. The highest BCUT2D eigenvalue weighted by Gasteiger charge is 2.42. The van der Waals surface area contributed by atoms with Crippen molar-refractivity contribution in [2.24, 2.45) is 10.8 Å². The van der Waals surface area contributed by atoms with Gasteiger partial charge in [0.2, 0.25) is 0 Å². The number of aliphatic carboxylic acids is 1. The van der Waals surface area contributed by atoms with E-state index in [1.54, 1.807) is 13.8 Å². The van der Waals surface area contributed by atoms with Crippen molar-refractivity contribution < 1.29 is 15.0 Å². The molecule has 0 saturated heterocycles. The van der Waals surface area contributed by atoms with Gasteiger partial charge in [0.05, 0.1) is 5.41 Å². The predicted octanol–water partition coefficient (Wildman–Crippen LogP) is 1.51. The third-order valence-corrected chi connectivity index (χ3v) is 2.96. The lowest BCUT2D eigenvalue weighted by Gasteiger charge is -2.37. The van der Waals surface area contributed by atoms with Crippen LogP contribution in [0.1, 0.15) is 34.1 Å². The van der Waals surface area contributed by atoms with Crippen LogP contribution in [-0.4, -0.2) is 22.8 Å². The van der Waals surface area contributed by atoms with Crippen LogP contribution in [0, 0.1) is 10.8 Å². The molecule has 2 N–H and O–H groups in total. The molecular formula is C9H18O3. The van der Waals surface area contributed by atoms with Crippen molar-refractivity contribution in [2.75, 3.05) is 6.61 Å². The van der Waals surface area contributed by atoms with Gasteiger partial charge >= 0.3 is 5.97 Å². The highest BCUT2D eigenvalue weighted by Crippen LogP contribution is 2.41. The summed E-state index contributed by atoms with van der Waals surface area (Å²) in [5.74, 6) is -0.819. The van der Waals surface area contributed by atoms with Crippen LogP contribution < -0.4 is 0 Å². The summed E-state index contributed by atoms with van der Waals surface area (Å²) in [7, 11) is 0. The van der Waals surface area contributed by atoms with Gasteiger partial charge in [0.25, 0.3) is 0 Å². The van der Waals surface area contributed by atoms with Crippen LogP contribution in [0.15, 0.2) is 0 Å². The minimum atomic E-state index is -0.819. The first-order valence-corrected chi connectivity index (χ1v) is 4.10. The van der Waals surface area contributed by atoms with Gasteiger partial charge in [-0.2, -0.15) is 0 Å². The Hall–Kier alpha value is -0.570. The Bertz CT molecular complexity index is 171. The monoisotopic (exact) mass is 174 g/mol. The van der Waals surface area contributed by atoms with Crippen molar-refractivity contribution in [1.82, 2.24) is 0 Å². The molecule has 0 amide bonds. The van der Waals surface area contributed by atoms with Gasteiger partial charge in [-0.15, -0.1) is 0 Å². The Labute approximate surface area is 73.4 Å². The van der Waals surface area contributed by atoms with E-state index in [9.17, 15) is 4.79 Å². The fraction of sp³-hybridized carbons (Fsp3) is 0.889. The Morgan fingerprint density at radius 1 is 1.25 bits per heavy atom. The van der Waals surface area contributed by atoms with E-state index < -0.39 is 11.4 Å². The molecule has 12 heavy (non-hydrogen) atoms. The molecule has 0 fully saturated rings. The molecule has 0 atom stereocenters. The number of carboxylic acid groups (broad SMARTS) is 1. The van der Waals surface area contributed by atoms with Gasteiger partial charge in [-0.3, -0.25) is 4.79 Å². The third-order valence-electron chi connectivity index (χ3n) is 2.96. The summed E-state index contributed by atoms with van der Waals surface area (Å²) in [6, 6.07) is 0. The number of carbonyl (C=O) groups is 1. The summed E-state index contributed by atoms with van der Waals surface area (Å²) in [4.78, 5) is 10.9. The molecule has 0 spiro atoms. The average molecular weight is 174 g/mol. The van der Waals surface area contributed by atoms with E-state index >= 15 is 0 Å². The summed E-state index contributed by atoms with van der Waals surface area (Å²) in [5.41, 5.74) is -1.18. The van der Waals surface area contributed by atoms with Gasteiger partial charge in [0, 0.05) is 6.61 Å².